The smallest absolute Gasteiger partial charge is 0.238 e. The summed E-state index contributed by atoms with van der Waals surface area (Å²) in [5.41, 5.74) is 2.59. The Morgan fingerprint density at radius 1 is 1.12 bits per heavy atom. The van der Waals surface area contributed by atoms with Crippen LogP contribution in [-0.2, 0) is 27.3 Å². The van der Waals surface area contributed by atoms with Crippen molar-refractivity contribution in [3.05, 3.63) is 54.1 Å². The molecule has 0 bridgehead atoms. The van der Waals surface area contributed by atoms with Gasteiger partial charge in [-0.3, -0.25) is 4.79 Å². The number of thioether (sulfide) groups is 1. The lowest BCUT2D eigenvalue weighted by atomic mass is 9.87. The summed E-state index contributed by atoms with van der Waals surface area (Å²) in [6.45, 7) is 8.24. The first-order chi connectivity index (χ1) is 14.9. The second-order valence-electron chi connectivity index (χ2n) is 8.51. The highest BCUT2D eigenvalue weighted by atomic mass is 32.2. The van der Waals surface area contributed by atoms with Gasteiger partial charge in [0.1, 0.15) is 0 Å². The molecule has 0 radical (unpaired) electrons. The molecule has 0 aliphatic carbocycles. The summed E-state index contributed by atoms with van der Waals surface area (Å²) in [6, 6.07) is 14.0. The molecule has 0 fully saturated rings. The molecule has 0 saturated carbocycles. The maximum atomic E-state index is 12.6. The third kappa shape index (κ3) is 5.56. The first-order valence-corrected chi connectivity index (χ1v) is 12.4. The number of amides is 1. The Kier molecular flexibility index (Phi) is 6.77. The lowest BCUT2D eigenvalue weighted by molar-refractivity contribution is -0.115. The highest BCUT2D eigenvalue weighted by Gasteiger charge is 2.21. The van der Waals surface area contributed by atoms with Crippen LogP contribution in [0.5, 0.6) is 0 Å². The first kappa shape index (κ1) is 24.0. The molecule has 2 aromatic carbocycles. The Morgan fingerprint density at radius 3 is 2.38 bits per heavy atom. The van der Waals surface area contributed by atoms with E-state index in [2.05, 4.69) is 48.4 Å². The van der Waals surface area contributed by atoms with E-state index in [1.54, 1.807) is 13.0 Å². The van der Waals surface area contributed by atoms with E-state index in [0.717, 1.165) is 5.56 Å². The van der Waals surface area contributed by atoms with E-state index in [9.17, 15) is 13.2 Å². The van der Waals surface area contributed by atoms with Gasteiger partial charge in [-0.2, -0.15) is 0 Å². The monoisotopic (exact) mass is 473 g/mol. The van der Waals surface area contributed by atoms with Crippen LogP contribution in [0, 0.1) is 0 Å². The molecule has 0 saturated heterocycles. The molecule has 10 heteroatoms. The average molecular weight is 474 g/mol. The molecule has 1 heterocycles. The van der Waals surface area contributed by atoms with Crippen molar-refractivity contribution in [2.45, 2.75) is 48.4 Å². The quantitative estimate of drug-likeness (QED) is 0.528. The molecule has 170 valence electrons. The predicted molar refractivity (Wildman–Crippen MR) is 127 cm³/mol. The van der Waals surface area contributed by atoms with Gasteiger partial charge in [-0.1, -0.05) is 62.9 Å². The number of hydrogen-bond acceptors (Lipinski definition) is 6. The summed E-state index contributed by atoms with van der Waals surface area (Å²) in [4.78, 5) is 12.6. The van der Waals surface area contributed by atoms with E-state index in [1.165, 1.54) is 35.5 Å². The summed E-state index contributed by atoms with van der Waals surface area (Å²) >= 11 is 1.26. The molecule has 1 atom stereocenters. The predicted octanol–water partition coefficient (Wildman–Crippen LogP) is 3.55. The minimum atomic E-state index is -3.85. The van der Waals surface area contributed by atoms with Crippen LogP contribution < -0.4 is 10.5 Å². The van der Waals surface area contributed by atoms with E-state index in [4.69, 9.17) is 5.14 Å². The van der Waals surface area contributed by atoms with E-state index < -0.39 is 15.3 Å². The van der Waals surface area contributed by atoms with Crippen molar-refractivity contribution >= 4 is 33.4 Å². The molecule has 1 aromatic heterocycles. The maximum Gasteiger partial charge on any atom is 0.238 e. The minimum absolute atomic E-state index is 0.0639. The number of primary sulfonamides is 1. The highest BCUT2D eigenvalue weighted by molar-refractivity contribution is 8.00. The maximum absolute atomic E-state index is 12.6. The van der Waals surface area contributed by atoms with Crippen molar-refractivity contribution in [3.8, 4) is 11.4 Å². The van der Waals surface area contributed by atoms with Gasteiger partial charge in [-0.25, -0.2) is 13.6 Å². The van der Waals surface area contributed by atoms with E-state index in [-0.39, 0.29) is 16.2 Å². The fourth-order valence-corrected chi connectivity index (χ4v) is 4.37. The van der Waals surface area contributed by atoms with Gasteiger partial charge in [0.05, 0.1) is 10.1 Å². The zero-order valence-electron chi connectivity index (χ0n) is 18.7. The second-order valence-corrected chi connectivity index (χ2v) is 11.4. The summed E-state index contributed by atoms with van der Waals surface area (Å²) in [7, 11) is -1.99. The van der Waals surface area contributed by atoms with Crippen molar-refractivity contribution < 1.29 is 13.2 Å². The Bertz CT molecular complexity index is 1230. The average Bonchev–Trinajstić information content (AvgIpc) is 3.07. The summed E-state index contributed by atoms with van der Waals surface area (Å²) in [6.07, 6.45) is 0. The third-order valence-electron chi connectivity index (χ3n) is 4.93. The number of aromatic nitrogens is 3. The summed E-state index contributed by atoms with van der Waals surface area (Å²) in [5.74, 6) is 0.419. The normalized spacial score (nSPS) is 13.1. The van der Waals surface area contributed by atoms with Crippen molar-refractivity contribution in [2.75, 3.05) is 5.32 Å². The third-order valence-corrected chi connectivity index (χ3v) is 6.97. The number of carbonyl (C=O) groups is 1. The van der Waals surface area contributed by atoms with Crippen LogP contribution in [0.4, 0.5) is 5.69 Å². The Hall–Kier alpha value is -2.69. The Morgan fingerprint density at radius 2 is 1.78 bits per heavy atom. The topological polar surface area (TPSA) is 120 Å². The van der Waals surface area contributed by atoms with Crippen molar-refractivity contribution in [1.29, 1.82) is 0 Å². The van der Waals surface area contributed by atoms with Crippen LogP contribution in [0.1, 0.15) is 33.3 Å². The van der Waals surface area contributed by atoms with Gasteiger partial charge in [0.25, 0.3) is 0 Å². The zero-order chi connectivity index (χ0) is 23.7. The standard InChI is InChI=1S/C22H27N5O3S2/c1-14(20(28)24-17-7-6-8-18(13-17)32(23,29)30)31-21-26-25-19(27(21)5)15-9-11-16(12-10-15)22(2,3)4/h6-14H,1-5H3,(H,24,28)(H2,23,29,30). The molecular formula is C22H27N5O3S2. The van der Waals surface area contributed by atoms with Gasteiger partial charge in [-0.05, 0) is 36.1 Å². The molecular weight excluding hydrogens is 446 g/mol. The molecule has 1 amide bonds. The number of nitrogens with two attached hydrogens (primary N) is 1. The largest absolute Gasteiger partial charge is 0.325 e. The highest BCUT2D eigenvalue weighted by Crippen LogP contribution is 2.28. The molecule has 32 heavy (non-hydrogen) atoms. The Labute approximate surface area is 192 Å². The van der Waals surface area contributed by atoms with Gasteiger partial charge in [0.2, 0.25) is 15.9 Å². The molecule has 0 spiro atoms. The second kappa shape index (κ2) is 9.05. The SMILES string of the molecule is CC(Sc1nnc(-c2ccc(C(C)(C)C)cc2)n1C)C(=O)Nc1cccc(S(N)(=O)=O)c1. The zero-order valence-corrected chi connectivity index (χ0v) is 20.3. The van der Waals surface area contributed by atoms with Crippen LogP contribution in [0.3, 0.4) is 0 Å². The fraction of sp³-hybridized carbons (Fsp3) is 0.318. The summed E-state index contributed by atoms with van der Waals surface area (Å²) in [5, 5.41) is 16.5. The van der Waals surface area contributed by atoms with Crippen molar-refractivity contribution in [3.63, 3.8) is 0 Å². The molecule has 0 aliphatic heterocycles. The van der Waals surface area contributed by atoms with Crippen LogP contribution in [0.15, 0.2) is 58.6 Å². The molecule has 3 rings (SSSR count). The first-order valence-electron chi connectivity index (χ1n) is 9.97. The van der Waals surface area contributed by atoms with Crippen LogP contribution in [0.2, 0.25) is 0 Å². The molecule has 1 unspecified atom stereocenters. The van der Waals surface area contributed by atoms with Crippen LogP contribution >= 0.6 is 11.8 Å². The number of carbonyl (C=O) groups excluding carboxylic acids is 1. The lowest BCUT2D eigenvalue weighted by Crippen LogP contribution is -2.23. The Balaban J connectivity index is 1.71. The van der Waals surface area contributed by atoms with Gasteiger partial charge < -0.3 is 9.88 Å². The number of nitrogens with one attached hydrogen (secondary N) is 1. The number of nitrogens with zero attached hydrogens (tertiary/aromatic N) is 3. The van der Waals surface area contributed by atoms with Crippen molar-refractivity contribution in [2.24, 2.45) is 12.2 Å². The van der Waals surface area contributed by atoms with Gasteiger partial charge in [0.15, 0.2) is 11.0 Å². The molecule has 8 nitrogen and oxygen atoms in total. The van der Waals surface area contributed by atoms with Crippen LogP contribution in [0.25, 0.3) is 11.4 Å². The van der Waals surface area contributed by atoms with Gasteiger partial charge in [-0.15, -0.1) is 10.2 Å². The van der Waals surface area contributed by atoms with Crippen molar-refractivity contribution in [1.82, 2.24) is 14.8 Å². The molecule has 0 aliphatic rings. The number of rotatable bonds is 6. The van der Waals surface area contributed by atoms with E-state index in [1.807, 2.05) is 23.7 Å². The van der Waals surface area contributed by atoms with Gasteiger partial charge in [0, 0.05) is 18.3 Å². The van der Waals surface area contributed by atoms with Gasteiger partial charge >= 0.3 is 0 Å². The lowest BCUT2D eigenvalue weighted by Gasteiger charge is -2.19. The number of benzene rings is 2. The summed E-state index contributed by atoms with van der Waals surface area (Å²) < 4.78 is 24.9. The van der Waals surface area contributed by atoms with Crippen LogP contribution in [-0.4, -0.2) is 34.3 Å². The van der Waals surface area contributed by atoms with E-state index >= 15 is 0 Å². The minimum Gasteiger partial charge on any atom is -0.325 e. The number of hydrogen-bond donors (Lipinski definition) is 2. The number of sulfonamides is 1. The molecule has 3 aromatic rings. The fourth-order valence-electron chi connectivity index (χ4n) is 2.99. The number of anilines is 1. The van der Waals surface area contributed by atoms with E-state index in [0.29, 0.717) is 16.7 Å². The molecule has 3 N–H and O–H groups in total.